The van der Waals surface area contributed by atoms with E-state index < -0.39 is 72.5 Å². The second-order valence-electron chi connectivity index (χ2n) is 6.80. The average molecular weight is 456 g/mol. The van der Waals surface area contributed by atoms with E-state index >= 15 is 0 Å². The molecule has 0 aromatic rings. The van der Waals surface area contributed by atoms with Crippen LogP contribution in [0.2, 0.25) is 0 Å². The number of nitrogens with zero attached hydrogens (tertiary/aromatic N) is 3. The van der Waals surface area contributed by atoms with E-state index in [4.69, 9.17) is 24.5 Å². The van der Waals surface area contributed by atoms with Crippen molar-refractivity contribution in [2.24, 2.45) is 5.11 Å². The van der Waals surface area contributed by atoms with Gasteiger partial charge in [-0.05, 0) is 18.0 Å². The number of carbonyl (C=O) groups is 5. The van der Waals surface area contributed by atoms with E-state index in [-0.39, 0.29) is 5.57 Å². The van der Waals surface area contributed by atoms with Crippen LogP contribution in [-0.2, 0) is 42.9 Å². The number of azide groups is 1. The molecule has 0 aliphatic carbocycles. The van der Waals surface area contributed by atoms with Gasteiger partial charge in [-0.15, -0.1) is 0 Å². The maximum atomic E-state index is 11.8. The van der Waals surface area contributed by atoms with Crippen molar-refractivity contribution in [3.63, 3.8) is 0 Å². The zero-order valence-electron chi connectivity index (χ0n) is 18.1. The van der Waals surface area contributed by atoms with Gasteiger partial charge < -0.3 is 29.4 Å². The summed E-state index contributed by atoms with van der Waals surface area (Å²) < 4.78 is 20.8. The third kappa shape index (κ3) is 7.16. The molecule has 0 fully saturated rings. The number of ether oxygens (including phenoxy) is 4. The first-order valence-corrected chi connectivity index (χ1v) is 9.28. The molecule has 1 rings (SSSR count). The van der Waals surface area contributed by atoms with Gasteiger partial charge in [-0.2, -0.15) is 0 Å². The summed E-state index contributed by atoms with van der Waals surface area (Å²) in [6, 6.07) is -2.48. The SMILES string of the molecule is CC(=O)NC1C(N=[N+]=[N-])C(C)=C(C(=O)O)OC1C(OC(C)=O)C(COC(C)=O)OC(C)=O. The first kappa shape index (κ1) is 26.2. The fourth-order valence-corrected chi connectivity index (χ4v) is 3.14. The highest BCUT2D eigenvalue weighted by Crippen LogP contribution is 2.32. The van der Waals surface area contributed by atoms with E-state index in [1.54, 1.807) is 0 Å². The first-order chi connectivity index (χ1) is 14.9. The van der Waals surface area contributed by atoms with Crippen LogP contribution < -0.4 is 5.32 Å². The lowest BCUT2D eigenvalue weighted by Crippen LogP contribution is -2.61. The minimum absolute atomic E-state index is 0.00380. The topological polar surface area (TPSA) is 203 Å². The van der Waals surface area contributed by atoms with Crippen LogP contribution in [-0.4, -0.2) is 71.9 Å². The standard InChI is InChI=1S/C18H24N4O10/c1-7-13(21-22-19)14(20-8(2)23)17(32-15(7)18(27)28)16(31-11(5)26)12(30-10(4)25)6-29-9(3)24/h12-14,16-17H,6H2,1-5H3,(H,20,23)(H,27,28). The zero-order chi connectivity index (χ0) is 24.6. The van der Waals surface area contributed by atoms with Crippen molar-refractivity contribution in [1.29, 1.82) is 0 Å². The number of nitrogens with one attached hydrogen (secondary N) is 1. The Morgan fingerprint density at radius 1 is 1.12 bits per heavy atom. The lowest BCUT2D eigenvalue weighted by Gasteiger charge is -2.42. The molecule has 176 valence electrons. The van der Waals surface area contributed by atoms with Gasteiger partial charge in [0.05, 0.1) is 12.1 Å². The molecule has 14 heteroatoms. The molecule has 1 amide bonds. The lowest BCUT2D eigenvalue weighted by molar-refractivity contribution is -0.188. The fourth-order valence-electron chi connectivity index (χ4n) is 3.14. The molecule has 0 aromatic carbocycles. The second kappa shape index (κ2) is 11.6. The van der Waals surface area contributed by atoms with Crippen LogP contribution in [0.4, 0.5) is 0 Å². The van der Waals surface area contributed by atoms with Gasteiger partial charge in [-0.1, -0.05) is 5.11 Å². The van der Waals surface area contributed by atoms with Crippen molar-refractivity contribution in [2.45, 2.75) is 65.0 Å². The summed E-state index contributed by atoms with van der Waals surface area (Å²) in [4.78, 5) is 61.0. The molecule has 14 nitrogen and oxygen atoms in total. The number of hydrogen-bond acceptors (Lipinski definition) is 10. The number of aliphatic carboxylic acids is 1. The summed E-state index contributed by atoms with van der Waals surface area (Å²) in [6.07, 6.45) is -4.51. The maximum Gasteiger partial charge on any atom is 0.371 e. The fraction of sp³-hybridized carbons (Fsp3) is 0.611. The minimum Gasteiger partial charge on any atom is -0.477 e. The highest BCUT2D eigenvalue weighted by Gasteiger charge is 2.49. The van der Waals surface area contributed by atoms with E-state index in [2.05, 4.69) is 15.3 Å². The van der Waals surface area contributed by atoms with Crippen LogP contribution in [0.5, 0.6) is 0 Å². The van der Waals surface area contributed by atoms with E-state index in [1.807, 2.05) is 0 Å². The van der Waals surface area contributed by atoms with Crippen LogP contribution in [0.1, 0.15) is 34.6 Å². The van der Waals surface area contributed by atoms with Gasteiger partial charge in [0.2, 0.25) is 11.7 Å². The Kier molecular flexibility index (Phi) is 9.47. The van der Waals surface area contributed by atoms with Crippen molar-refractivity contribution in [2.75, 3.05) is 6.61 Å². The quantitative estimate of drug-likeness (QED) is 0.160. The van der Waals surface area contributed by atoms with Crippen molar-refractivity contribution in [1.82, 2.24) is 5.32 Å². The summed E-state index contributed by atoms with van der Waals surface area (Å²) in [5.74, 6) is -5.16. The number of amides is 1. The van der Waals surface area contributed by atoms with Gasteiger partial charge in [-0.25, -0.2) is 4.79 Å². The third-order valence-corrected chi connectivity index (χ3v) is 4.25. The van der Waals surface area contributed by atoms with E-state index in [9.17, 15) is 29.1 Å². The smallest absolute Gasteiger partial charge is 0.371 e. The van der Waals surface area contributed by atoms with E-state index in [0.29, 0.717) is 0 Å². The van der Waals surface area contributed by atoms with Gasteiger partial charge in [-0.3, -0.25) is 19.2 Å². The van der Waals surface area contributed by atoms with Gasteiger partial charge in [0, 0.05) is 32.6 Å². The highest BCUT2D eigenvalue weighted by molar-refractivity contribution is 5.86. The Morgan fingerprint density at radius 2 is 1.72 bits per heavy atom. The first-order valence-electron chi connectivity index (χ1n) is 9.28. The minimum atomic E-state index is -1.56. The van der Waals surface area contributed by atoms with Gasteiger partial charge in [0.1, 0.15) is 6.61 Å². The molecule has 0 saturated carbocycles. The number of carbonyl (C=O) groups excluding carboxylic acids is 4. The normalized spacial score (nSPS) is 21.7. The maximum absolute atomic E-state index is 11.8. The number of hydrogen-bond donors (Lipinski definition) is 2. The van der Waals surface area contributed by atoms with Crippen LogP contribution >= 0.6 is 0 Å². The number of carboxylic acid groups (broad SMARTS) is 1. The van der Waals surface area contributed by atoms with E-state index in [0.717, 1.165) is 27.7 Å². The molecular formula is C18H24N4O10. The molecule has 1 aliphatic rings. The zero-order valence-corrected chi connectivity index (χ0v) is 18.1. The monoisotopic (exact) mass is 456 g/mol. The van der Waals surface area contributed by atoms with Crippen molar-refractivity contribution in [3.05, 3.63) is 21.8 Å². The number of esters is 3. The lowest BCUT2D eigenvalue weighted by atomic mass is 9.88. The molecule has 0 radical (unpaired) electrons. The largest absolute Gasteiger partial charge is 0.477 e. The molecule has 2 N–H and O–H groups in total. The van der Waals surface area contributed by atoms with Crippen molar-refractivity contribution in [3.8, 4) is 0 Å². The molecule has 1 heterocycles. The molecule has 0 bridgehead atoms. The molecule has 0 aromatic heterocycles. The predicted octanol–water partition coefficient (Wildman–Crippen LogP) is 0.354. The molecule has 0 saturated heterocycles. The van der Waals surface area contributed by atoms with Gasteiger partial charge in [0.25, 0.3) is 0 Å². The number of carboxylic acids is 1. The Balaban J connectivity index is 3.64. The molecule has 5 atom stereocenters. The number of rotatable bonds is 9. The van der Waals surface area contributed by atoms with Crippen LogP contribution in [0.3, 0.4) is 0 Å². The van der Waals surface area contributed by atoms with Crippen LogP contribution in [0.15, 0.2) is 16.4 Å². The molecule has 32 heavy (non-hydrogen) atoms. The second-order valence-corrected chi connectivity index (χ2v) is 6.80. The van der Waals surface area contributed by atoms with Crippen LogP contribution in [0, 0.1) is 0 Å². The Morgan fingerprint density at radius 3 is 2.16 bits per heavy atom. The van der Waals surface area contributed by atoms with Gasteiger partial charge in [0.15, 0.2) is 18.3 Å². The molecule has 0 spiro atoms. The Labute approximate surface area is 182 Å². The molecule has 1 aliphatic heterocycles. The summed E-state index contributed by atoms with van der Waals surface area (Å²) in [7, 11) is 0. The van der Waals surface area contributed by atoms with Crippen molar-refractivity contribution >= 4 is 29.8 Å². The highest BCUT2D eigenvalue weighted by atomic mass is 16.6. The van der Waals surface area contributed by atoms with Gasteiger partial charge >= 0.3 is 23.9 Å². The predicted molar refractivity (Wildman–Crippen MR) is 103 cm³/mol. The van der Waals surface area contributed by atoms with Crippen molar-refractivity contribution < 1.29 is 48.0 Å². The molecule has 5 unspecified atom stereocenters. The summed E-state index contributed by atoms with van der Waals surface area (Å²) in [5, 5.41) is 15.6. The summed E-state index contributed by atoms with van der Waals surface area (Å²) in [5.41, 5.74) is 8.98. The third-order valence-electron chi connectivity index (χ3n) is 4.25. The Bertz CT molecular complexity index is 864. The summed E-state index contributed by atoms with van der Waals surface area (Å²) >= 11 is 0. The van der Waals surface area contributed by atoms with Crippen LogP contribution in [0.25, 0.3) is 10.4 Å². The van der Waals surface area contributed by atoms with E-state index in [1.165, 1.54) is 6.92 Å². The Hall–Kier alpha value is -3.80. The average Bonchev–Trinajstić information content (AvgIpc) is 2.65. The summed E-state index contributed by atoms with van der Waals surface area (Å²) in [6.45, 7) is 5.08. The molecular weight excluding hydrogens is 432 g/mol.